The van der Waals surface area contributed by atoms with E-state index in [4.69, 9.17) is 10.8 Å². The van der Waals surface area contributed by atoms with E-state index in [1.807, 2.05) is 0 Å². The number of imidazole rings is 1. The van der Waals surface area contributed by atoms with Gasteiger partial charge in [-0.2, -0.15) is 0 Å². The van der Waals surface area contributed by atoms with Crippen molar-refractivity contribution in [3.05, 3.63) is 18.2 Å². The smallest absolute Gasteiger partial charge is 0.326 e. The molecule has 0 aromatic carbocycles. The minimum atomic E-state index is -1.17. The minimum Gasteiger partial charge on any atom is -0.480 e. The zero-order chi connectivity index (χ0) is 14.3. The van der Waals surface area contributed by atoms with Crippen LogP contribution in [0.15, 0.2) is 12.5 Å². The summed E-state index contributed by atoms with van der Waals surface area (Å²) >= 11 is 0. The van der Waals surface area contributed by atoms with Crippen LogP contribution in [-0.4, -0.2) is 57.5 Å². The van der Waals surface area contributed by atoms with Crippen molar-refractivity contribution >= 4 is 17.8 Å². The van der Waals surface area contributed by atoms with E-state index in [1.165, 1.54) is 12.5 Å². The van der Waals surface area contributed by atoms with Gasteiger partial charge in [0.25, 0.3) is 0 Å². The van der Waals surface area contributed by atoms with Gasteiger partial charge in [-0.25, -0.2) is 9.78 Å². The molecule has 0 saturated heterocycles. The fourth-order valence-electron chi connectivity index (χ4n) is 1.31. The van der Waals surface area contributed by atoms with Crippen LogP contribution in [0.1, 0.15) is 5.69 Å². The second kappa shape index (κ2) is 8.61. The predicted molar refractivity (Wildman–Crippen MR) is 67.5 cm³/mol. The van der Waals surface area contributed by atoms with Gasteiger partial charge in [-0.3, -0.25) is 9.59 Å². The summed E-state index contributed by atoms with van der Waals surface area (Å²) in [6.07, 6.45) is 2.96. The standard InChI is InChI=1S/C10H15N5O4.H2O/c11-2-8(16)13-4-9(17)15-7(10(18)19)1-6-3-12-5-14-6;/h3,5,7H,1-2,4,11H2,(H,12,14)(H,13,16)(H,15,17)(H,18,19);1H2. The fraction of sp³-hybridized carbons (Fsp3) is 0.400. The molecule has 1 heterocycles. The lowest BCUT2D eigenvalue weighted by atomic mass is 10.1. The largest absolute Gasteiger partial charge is 0.480 e. The zero-order valence-corrected chi connectivity index (χ0v) is 10.5. The van der Waals surface area contributed by atoms with Gasteiger partial charge in [0.1, 0.15) is 6.04 Å². The van der Waals surface area contributed by atoms with E-state index >= 15 is 0 Å². The molecule has 0 bridgehead atoms. The third-order valence-corrected chi connectivity index (χ3v) is 2.24. The molecule has 112 valence electrons. The van der Waals surface area contributed by atoms with Gasteiger partial charge < -0.3 is 31.9 Å². The number of nitrogens with two attached hydrogens (primary N) is 1. The highest BCUT2D eigenvalue weighted by Crippen LogP contribution is 1.98. The maximum absolute atomic E-state index is 11.5. The van der Waals surface area contributed by atoms with E-state index < -0.39 is 23.8 Å². The molecule has 1 atom stereocenters. The van der Waals surface area contributed by atoms with Gasteiger partial charge >= 0.3 is 5.97 Å². The normalized spacial score (nSPS) is 11.1. The molecular weight excluding hydrogens is 270 g/mol. The first-order chi connectivity index (χ1) is 9.02. The Bertz CT molecular complexity index is 447. The number of H-pyrrole nitrogens is 1. The molecule has 0 spiro atoms. The van der Waals surface area contributed by atoms with Gasteiger partial charge in [-0.1, -0.05) is 0 Å². The molecule has 1 aromatic rings. The van der Waals surface area contributed by atoms with Gasteiger partial charge in [-0.15, -0.1) is 0 Å². The predicted octanol–water partition coefficient (Wildman–Crippen LogP) is -3.23. The van der Waals surface area contributed by atoms with Crippen LogP contribution in [0, 0.1) is 0 Å². The summed E-state index contributed by atoms with van der Waals surface area (Å²) < 4.78 is 0. The van der Waals surface area contributed by atoms with Crippen molar-refractivity contribution < 1.29 is 25.0 Å². The van der Waals surface area contributed by atoms with Crippen LogP contribution in [-0.2, 0) is 20.8 Å². The summed E-state index contributed by atoms with van der Waals surface area (Å²) in [6.45, 7) is -0.549. The number of aromatic amines is 1. The molecule has 1 unspecified atom stereocenters. The van der Waals surface area contributed by atoms with Crippen molar-refractivity contribution in [2.75, 3.05) is 13.1 Å². The average molecular weight is 287 g/mol. The van der Waals surface area contributed by atoms with Crippen LogP contribution in [0.3, 0.4) is 0 Å². The molecule has 0 aliphatic heterocycles. The number of aromatic nitrogens is 2. The summed E-state index contributed by atoms with van der Waals surface area (Å²) in [4.78, 5) is 39.8. The highest BCUT2D eigenvalue weighted by atomic mass is 16.4. The van der Waals surface area contributed by atoms with Crippen molar-refractivity contribution in [1.82, 2.24) is 20.6 Å². The first-order valence-corrected chi connectivity index (χ1v) is 5.49. The van der Waals surface area contributed by atoms with Gasteiger partial charge in [0.15, 0.2) is 0 Å². The molecule has 0 aliphatic rings. The third kappa shape index (κ3) is 5.93. The molecular formula is C10H17N5O5. The number of carboxylic acids is 1. The Hall–Kier alpha value is -2.46. The van der Waals surface area contributed by atoms with Crippen molar-refractivity contribution in [2.24, 2.45) is 5.73 Å². The Balaban J connectivity index is 0.00000361. The summed E-state index contributed by atoms with van der Waals surface area (Å²) in [5, 5.41) is 13.5. The molecule has 20 heavy (non-hydrogen) atoms. The molecule has 10 nitrogen and oxygen atoms in total. The van der Waals surface area contributed by atoms with E-state index in [2.05, 4.69) is 20.6 Å². The number of carbonyl (C=O) groups excluding carboxylic acids is 2. The van der Waals surface area contributed by atoms with E-state index in [1.54, 1.807) is 0 Å². The number of aliphatic carboxylic acids is 1. The Labute approximate surface area is 114 Å². The quantitative estimate of drug-likeness (QED) is 0.351. The van der Waals surface area contributed by atoms with Crippen LogP contribution < -0.4 is 16.4 Å². The summed E-state index contributed by atoms with van der Waals surface area (Å²) in [5.41, 5.74) is 5.63. The van der Waals surface area contributed by atoms with E-state index in [0.29, 0.717) is 5.69 Å². The Morgan fingerprint density at radius 2 is 2.10 bits per heavy atom. The zero-order valence-electron chi connectivity index (χ0n) is 10.5. The lowest BCUT2D eigenvalue weighted by Crippen LogP contribution is -2.47. The summed E-state index contributed by atoms with van der Waals surface area (Å²) in [6, 6.07) is -1.09. The fourth-order valence-corrected chi connectivity index (χ4v) is 1.31. The number of rotatable bonds is 7. The minimum absolute atomic E-state index is 0. The number of hydrogen-bond acceptors (Lipinski definition) is 5. The molecule has 8 N–H and O–H groups in total. The number of amides is 2. The van der Waals surface area contributed by atoms with Gasteiger partial charge in [0.05, 0.1) is 19.4 Å². The second-order valence-electron chi connectivity index (χ2n) is 3.72. The van der Waals surface area contributed by atoms with Crippen LogP contribution in [0.4, 0.5) is 0 Å². The number of nitrogens with zero attached hydrogens (tertiary/aromatic N) is 1. The Kier molecular flexibility index (Phi) is 7.55. The molecule has 1 aromatic heterocycles. The van der Waals surface area contributed by atoms with Crippen molar-refractivity contribution in [3.8, 4) is 0 Å². The van der Waals surface area contributed by atoms with Crippen LogP contribution in [0.5, 0.6) is 0 Å². The first-order valence-electron chi connectivity index (χ1n) is 5.49. The lowest BCUT2D eigenvalue weighted by Gasteiger charge is -2.13. The van der Waals surface area contributed by atoms with E-state index in [0.717, 1.165) is 0 Å². The van der Waals surface area contributed by atoms with Crippen molar-refractivity contribution in [3.63, 3.8) is 0 Å². The number of hydrogen-bond donors (Lipinski definition) is 5. The van der Waals surface area contributed by atoms with Crippen LogP contribution in [0.25, 0.3) is 0 Å². The van der Waals surface area contributed by atoms with Gasteiger partial charge in [-0.05, 0) is 0 Å². The number of carboxylic acid groups (broad SMARTS) is 1. The third-order valence-electron chi connectivity index (χ3n) is 2.24. The van der Waals surface area contributed by atoms with Crippen molar-refractivity contribution in [1.29, 1.82) is 0 Å². The lowest BCUT2D eigenvalue weighted by molar-refractivity contribution is -0.141. The summed E-state index contributed by atoms with van der Waals surface area (Å²) in [7, 11) is 0. The Morgan fingerprint density at radius 3 is 2.60 bits per heavy atom. The maximum atomic E-state index is 11.5. The SMILES string of the molecule is NCC(=O)NCC(=O)NC(Cc1cnc[nH]1)C(=O)O.O. The average Bonchev–Trinajstić information content (AvgIpc) is 2.87. The number of carbonyl (C=O) groups is 3. The van der Waals surface area contributed by atoms with Crippen molar-refractivity contribution in [2.45, 2.75) is 12.5 Å². The Morgan fingerprint density at radius 1 is 1.40 bits per heavy atom. The highest BCUT2D eigenvalue weighted by molar-refractivity contribution is 5.88. The van der Waals surface area contributed by atoms with Crippen LogP contribution >= 0.6 is 0 Å². The monoisotopic (exact) mass is 287 g/mol. The molecule has 0 radical (unpaired) electrons. The summed E-state index contributed by atoms with van der Waals surface area (Å²) in [5.74, 6) is -2.27. The molecule has 0 aliphatic carbocycles. The van der Waals surface area contributed by atoms with Gasteiger partial charge in [0, 0.05) is 18.3 Å². The van der Waals surface area contributed by atoms with E-state index in [9.17, 15) is 14.4 Å². The first kappa shape index (κ1) is 17.5. The number of nitrogens with one attached hydrogen (secondary N) is 3. The molecule has 1 rings (SSSR count). The molecule has 0 fully saturated rings. The topological polar surface area (TPSA) is 182 Å². The molecule has 2 amide bonds. The second-order valence-corrected chi connectivity index (χ2v) is 3.72. The van der Waals surface area contributed by atoms with Crippen LogP contribution in [0.2, 0.25) is 0 Å². The van der Waals surface area contributed by atoms with E-state index in [-0.39, 0.29) is 25.0 Å². The molecule has 10 heteroatoms. The highest BCUT2D eigenvalue weighted by Gasteiger charge is 2.20. The van der Waals surface area contributed by atoms with Gasteiger partial charge in [0.2, 0.25) is 11.8 Å². The molecule has 0 saturated carbocycles. The maximum Gasteiger partial charge on any atom is 0.326 e.